The van der Waals surface area contributed by atoms with Gasteiger partial charge in [-0.05, 0) is 25.9 Å². The molecule has 0 aromatic heterocycles. The van der Waals surface area contributed by atoms with E-state index >= 15 is 0 Å². The molecule has 0 aromatic carbocycles. The van der Waals surface area contributed by atoms with E-state index in [9.17, 15) is 4.79 Å². The highest BCUT2D eigenvalue weighted by atomic mass is 16.5. The number of rotatable bonds is 5. The topological polar surface area (TPSA) is 76.4 Å². The van der Waals surface area contributed by atoms with Crippen LogP contribution < -0.4 is 16.4 Å². The minimum atomic E-state index is -0.352. The van der Waals surface area contributed by atoms with Crippen molar-refractivity contribution in [3.05, 3.63) is 0 Å². The Morgan fingerprint density at radius 2 is 2.20 bits per heavy atom. The van der Waals surface area contributed by atoms with Crippen molar-refractivity contribution in [3.63, 3.8) is 0 Å². The molecule has 0 aromatic rings. The molecule has 15 heavy (non-hydrogen) atoms. The third-order valence-corrected chi connectivity index (χ3v) is 2.89. The standard InChI is InChI=1S/C10H21N3O2/c1-15-8-10(2-5-12-6-3-10)9(14)13-7-4-11/h12H,2-8,11H2,1H3,(H,13,14). The first-order chi connectivity index (χ1) is 7.25. The molecule has 1 aliphatic heterocycles. The SMILES string of the molecule is COCC1(C(=O)NCCN)CCNCC1. The fourth-order valence-electron chi connectivity index (χ4n) is 1.99. The number of nitrogens with two attached hydrogens (primary N) is 1. The summed E-state index contributed by atoms with van der Waals surface area (Å²) >= 11 is 0. The van der Waals surface area contributed by atoms with E-state index in [-0.39, 0.29) is 11.3 Å². The molecular weight excluding hydrogens is 194 g/mol. The molecule has 1 amide bonds. The summed E-state index contributed by atoms with van der Waals surface area (Å²) in [6.45, 7) is 3.26. The van der Waals surface area contributed by atoms with Crippen LogP contribution in [-0.2, 0) is 9.53 Å². The quantitative estimate of drug-likeness (QED) is 0.554. The number of amides is 1. The first-order valence-electron chi connectivity index (χ1n) is 5.43. The molecule has 1 fully saturated rings. The Bertz CT molecular complexity index is 197. The van der Waals surface area contributed by atoms with Gasteiger partial charge >= 0.3 is 0 Å². The van der Waals surface area contributed by atoms with Crippen LogP contribution in [0.3, 0.4) is 0 Å². The molecule has 0 saturated carbocycles. The molecule has 4 N–H and O–H groups in total. The number of nitrogens with one attached hydrogen (secondary N) is 2. The first-order valence-corrected chi connectivity index (χ1v) is 5.43. The van der Waals surface area contributed by atoms with E-state index in [0.717, 1.165) is 25.9 Å². The van der Waals surface area contributed by atoms with Crippen LogP contribution in [0.15, 0.2) is 0 Å². The highest BCUT2D eigenvalue weighted by Gasteiger charge is 2.39. The zero-order valence-corrected chi connectivity index (χ0v) is 9.34. The van der Waals surface area contributed by atoms with Gasteiger partial charge in [-0.3, -0.25) is 4.79 Å². The van der Waals surface area contributed by atoms with E-state index in [2.05, 4.69) is 10.6 Å². The van der Waals surface area contributed by atoms with E-state index in [1.165, 1.54) is 0 Å². The van der Waals surface area contributed by atoms with Crippen LogP contribution in [0, 0.1) is 5.41 Å². The predicted octanol–water partition coefficient (Wildman–Crippen LogP) is -0.922. The van der Waals surface area contributed by atoms with E-state index in [0.29, 0.717) is 19.7 Å². The van der Waals surface area contributed by atoms with Gasteiger partial charge in [0.25, 0.3) is 0 Å². The van der Waals surface area contributed by atoms with Crippen LogP contribution in [0.5, 0.6) is 0 Å². The largest absolute Gasteiger partial charge is 0.384 e. The summed E-state index contributed by atoms with van der Waals surface area (Å²) in [6.07, 6.45) is 1.66. The lowest BCUT2D eigenvalue weighted by Crippen LogP contribution is -2.50. The lowest BCUT2D eigenvalue weighted by Gasteiger charge is -2.35. The lowest BCUT2D eigenvalue weighted by atomic mass is 9.78. The minimum Gasteiger partial charge on any atom is -0.384 e. The second kappa shape index (κ2) is 6.05. The van der Waals surface area contributed by atoms with Crippen LogP contribution in [-0.4, -0.2) is 45.8 Å². The number of hydrogen-bond donors (Lipinski definition) is 3. The van der Waals surface area contributed by atoms with Gasteiger partial charge in [-0.1, -0.05) is 0 Å². The second-order valence-electron chi connectivity index (χ2n) is 4.01. The maximum absolute atomic E-state index is 12.0. The summed E-state index contributed by atoms with van der Waals surface area (Å²) < 4.78 is 5.17. The number of hydrogen-bond acceptors (Lipinski definition) is 4. The summed E-state index contributed by atoms with van der Waals surface area (Å²) in [5.41, 5.74) is 5.01. The average molecular weight is 215 g/mol. The molecule has 0 unspecified atom stereocenters. The van der Waals surface area contributed by atoms with Gasteiger partial charge in [-0.2, -0.15) is 0 Å². The maximum Gasteiger partial charge on any atom is 0.228 e. The molecule has 0 spiro atoms. The van der Waals surface area contributed by atoms with E-state index in [4.69, 9.17) is 10.5 Å². The van der Waals surface area contributed by atoms with Crippen LogP contribution in [0.2, 0.25) is 0 Å². The molecule has 5 nitrogen and oxygen atoms in total. The normalized spacial score (nSPS) is 19.9. The molecule has 0 radical (unpaired) electrons. The van der Waals surface area contributed by atoms with Gasteiger partial charge in [0.1, 0.15) is 0 Å². The Hall–Kier alpha value is -0.650. The molecular formula is C10H21N3O2. The Morgan fingerprint density at radius 3 is 2.73 bits per heavy atom. The lowest BCUT2D eigenvalue weighted by molar-refractivity contribution is -0.136. The van der Waals surface area contributed by atoms with Gasteiger partial charge < -0.3 is 21.1 Å². The van der Waals surface area contributed by atoms with Crippen molar-refractivity contribution in [1.29, 1.82) is 0 Å². The molecule has 1 aliphatic rings. The monoisotopic (exact) mass is 215 g/mol. The Labute approximate surface area is 90.7 Å². The number of ether oxygens (including phenoxy) is 1. The second-order valence-corrected chi connectivity index (χ2v) is 4.01. The summed E-state index contributed by atoms with van der Waals surface area (Å²) in [4.78, 5) is 12.0. The fraction of sp³-hybridized carbons (Fsp3) is 0.900. The zero-order valence-electron chi connectivity index (χ0n) is 9.34. The van der Waals surface area contributed by atoms with Crippen molar-refractivity contribution in [3.8, 4) is 0 Å². The van der Waals surface area contributed by atoms with Crippen molar-refractivity contribution in [2.24, 2.45) is 11.1 Å². The first kappa shape index (κ1) is 12.4. The molecule has 0 aliphatic carbocycles. The molecule has 1 saturated heterocycles. The summed E-state index contributed by atoms with van der Waals surface area (Å²) in [5, 5.41) is 6.10. The highest BCUT2D eigenvalue weighted by molar-refractivity contribution is 5.83. The van der Waals surface area contributed by atoms with Gasteiger partial charge in [0.2, 0.25) is 5.91 Å². The number of carbonyl (C=O) groups is 1. The van der Waals surface area contributed by atoms with Gasteiger partial charge in [0.05, 0.1) is 12.0 Å². The zero-order chi connectivity index (χ0) is 11.1. The number of methoxy groups -OCH3 is 1. The van der Waals surface area contributed by atoms with Crippen molar-refractivity contribution < 1.29 is 9.53 Å². The number of piperidine rings is 1. The van der Waals surface area contributed by atoms with Crippen molar-refractivity contribution >= 4 is 5.91 Å². The Kier molecular flexibility index (Phi) is 5.01. The van der Waals surface area contributed by atoms with Crippen molar-refractivity contribution in [2.45, 2.75) is 12.8 Å². The van der Waals surface area contributed by atoms with E-state index < -0.39 is 0 Å². The summed E-state index contributed by atoms with van der Waals surface area (Å²) in [5.74, 6) is 0.0799. The summed E-state index contributed by atoms with van der Waals surface area (Å²) in [6, 6.07) is 0. The fourth-order valence-corrected chi connectivity index (χ4v) is 1.99. The van der Waals surface area contributed by atoms with Crippen molar-refractivity contribution in [1.82, 2.24) is 10.6 Å². The summed E-state index contributed by atoms with van der Waals surface area (Å²) in [7, 11) is 1.64. The molecule has 0 atom stereocenters. The van der Waals surface area contributed by atoms with Crippen LogP contribution in [0.25, 0.3) is 0 Å². The maximum atomic E-state index is 12.0. The van der Waals surface area contributed by atoms with Crippen molar-refractivity contribution in [2.75, 3.05) is 39.9 Å². The molecule has 88 valence electrons. The average Bonchev–Trinajstić information content (AvgIpc) is 2.27. The van der Waals surface area contributed by atoms with Gasteiger partial charge in [-0.25, -0.2) is 0 Å². The molecule has 0 bridgehead atoms. The van der Waals surface area contributed by atoms with Gasteiger partial charge in [-0.15, -0.1) is 0 Å². The van der Waals surface area contributed by atoms with E-state index in [1.54, 1.807) is 7.11 Å². The van der Waals surface area contributed by atoms with Crippen LogP contribution in [0.1, 0.15) is 12.8 Å². The van der Waals surface area contributed by atoms with Crippen LogP contribution in [0.4, 0.5) is 0 Å². The van der Waals surface area contributed by atoms with Gasteiger partial charge in [0.15, 0.2) is 0 Å². The Morgan fingerprint density at radius 1 is 1.53 bits per heavy atom. The third kappa shape index (κ3) is 3.15. The molecule has 1 heterocycles. The molecule has 5 heteroatoms. The van der Waals surface area contributed by atoms with E-state index in [1.807, 2.05) is 0 Å². The van der Waals surface area contributed by atoms with Crippen LogP contribution >= 0.6 is 0 Å². The Balaban J connectivity index is 2.57. The number of carbonyl (C=O) groups excluding carboxylic acids is 1. The third-order valence-electron chi connectivity index (χ3n) is 2.89. The smallest absolute Gasteiger partial charge is 0.228 e. The molecule has 1 rings (SSSR count). The highest BCUT2D eigenvalue weighted by Crippen LogP contribution is 2.29. The minimum absolute atomic E-state index is 0.0799. The predicted molar refractivity (Wildman–Crippen MR) is 58.5 cm³/mol. The van der Waals surface area contributed by atoms with Gasteiger partial charge in [0, 0.05) is 20.2 Å².